The summed E-state index contributed by atoms with van der Waals surface area (Å²) >= 11 is 0. The molecule has 0 aromatic heterocycles. The normalized spacial score (nSPS) is 21.8. The summed E-state index contributed by atoms with van der Waals surface area (Å²) in [6, 6.07) is 5.44. The van der Waals surface area contributed by atoms with Gasteiger partial charge in [0.2, 0.25) is 0 Å². The predicted octanol–water partition coefficient (Wildman–Crippen LogP) is 1.62. The van der Waals surface area contributed by atoms with E-state index in [0.29, 0.717) is 18.3 Å². The van der Waals surface area contributed by atoms with E-state index in [1.807, 2.05) is 0 Å². The number of aldehydes is 1. The van der Waals surface area contributed by atoms with Crippen molar-refractivity contribution in [3.8, 4) is 0 Å². The van der Waals surface area contributed by atoms with E-state index in [9.17, 15) is 24.5 Å². The van der Waals surface area contributed by atoms with Gasteiger partial charge in [0, 0.05) is 24.0 Å². The fourth-order valence-electron chi connectivity index (χ4n) is 3.47. The summed E-state index contributed by atoms with van der Waals surface area (Å²) in [5, 5.41) is 10.8. The van der Waals surface area contributed by atoms with Gasteiger partial charge in [0.05, 0.1) is 19.1 Å². The molecule has 1 aromatic carbocycles. The molecule has 24 heavy (non-hydrogen) atoms. The maximum atomic E-state index is 12.4. The van der Waals surface area contributed by atoms with Crippen LogP contribution in [-0.4, -0.2) is 37.4 Å². The number of methoxy groups -OCH3 is 2. The summed E-state index contributed by atoms with van der Waals surface area (Å²) in [6.07, 6.45) is 1.12. The Hall–Kier alpha value is -2.77. The molecule has 0 aliphatic heterocycles. The second kappa shape index (κ2) is 6.77. The van der Waals surface area contributed by atoms with E-state index in [4.69, 9.17) is 9.47 Å². The van der Waals surface area contributed by atoms with Crippen LogP contribution in [0.5, 0.6) is 0 Å². The number of non-ortho nitro benzene ring substituents is 1. The Morgan fingerprint density at radius 2 is 1.75 bits per heavy atom. The van der Waals surface area contributed by atoms with Crippen LogP contribution in [0.4, 0.5) is 5.69 Å². The van der Waals surface area contributed by atoms with Crippen molar-refractivity contribution < 1.29 is 28.8 Å². The molecule has 0 saturated heterocycles. The molecule has 0 bridgehead atoms. The maximum absolute atomic E-state index is 12.4. The zero-order valence-corrected chi connectivity index (χ0v) is 13.3. The molecule has 1 saturated carbocycles. The second-order valence-electron chi connectivity index (χ2n) is 5.62. The molecule has 0 heterocycles. The van der Waals surface area contributed by atoms with Crippen molar-refractivity contribution >= 4 is 23.9 Å². The standard InChI is InChI=1S/C16H17NO7/c1-23-14(19)16(15(20)24-2)8-7-11(9-18)13(16)10-3-5-12(6-4-10)17(21)22/h3-6,9,11,13H,7-8H2,1-2H3/t11-,13-/m1/s1. The number of carbonyl (C=O) groups is 3. The summed E-state index contributed by atoms with van der Waals surface area (Å²) in [5.41, 5.74) is -1.28. The van der Waals surface area contributed by atoms with Gasteiger partial charge in [0.25, 0.3) is 5.69 Å². The van der Waals surface area contributed by atoms with Crippen molar-refractivity contribution in [2.45, 2.75) is 18.8 Å². The number of esters is 2. The molecule has 8 heteroatoms. The van der Waals surface area contributed by atoms with Crippen molar-refractivity contribution in [3.05, 3.63) is 39.9 Å². The highest BCUT2D eigenvalue weighted by Crippen LogP contribution is 2.53. The highest BCUT2D eigenvalue weighted by molar-refractivity contribution is 6.02. The van der Waals surface area contributed by atoms with E-state index in [1.165, 1.54) is 24.3 Å². The van der Waals surface area contributed by atoms with Gasteiger partial charge in [-0.2, -0.15) is 0 Å². The molecule has 0 radical (unpaired) electrons. The molecular weight excluding hydrogens is 318 g/mol. The van der Waals surface area contributed by atoms with E-state index in [2.05, 4.69) is 0 Å². The van der Waals surface area contributed by atoms with Crippen molar-refractivity contribution in [2.75, 3.05) is 14.2 Å². The second-order valence-corrected chi connectivity index (χ2v) is 5.62. The number of carbonyl (C=O) groups excluding carboxylic acids is 3. The van der Waals surface area contributed by atoms with Gasteiger partial charge in [-0.3, -0.25) is 19.7 Å². The first kappa shape index (κ1) is 17.6. The average molecular weight is 335 g/mol. The van der Waals surface area contributed by atoms with Gasteiger partial charge in [-0.05, 0) is 18.4 Å². The Morgan fingerprint density at radius 3 is 2.17 bits per heavy atom. The quantitative estimate of drug-likeness (QED) is 0.264. The fourth-order valence-corrected chi connectivity index (χ4v) is 3.47. The lowest BCUT2D eigenvalue weighted by molar-refractivity contribution is -0.384. The zero-order chi connectivity index (χ0) is 17.9. The first-order valence-electron chi connectivity index (χ1n) is 7.28. The number of rotatable bonds is 5. The van der Waals surface area contributed by atoms with E-state index in [0.717, 1.165) is 14.2 Å². The molecule has 1 aromatic rings. The Bertz CT molecular complexity index is 652. The van der Waals surface area contributed by atoms with Crippen LogP contribution in [0.15, 0.2) is 24.3 Å². The summed E-state index contributed by atoms with van der Waals surface area (Å²) < 4.78 is 9.61. The molecule has 0 spiro atoms. The van der Waals surface area contributed by atoms with Crippen molar-refractivity contribution in [1.82, 2.24) is 0 Å². The molecule has 128 valence electrons. The van der Waals surface area contributed by atoms with Crippen LogP contribution >= 0.6 is 0 Å². The van der Waals surface area contributed by atoms with Gasteiger partial charge in [-0.15, -0.1) is 0 Å². The minimum atomic E-state index is -1.63. The van der Waals surface area contributed by atoms with Crippen LogP contribution in [0.3, 0.4) is 0 Å². The van der Waals surface area contributed by atoms with Crippen LogP contribution in [0.1, 0.15) is 24.3 Å². The number of ether oxygens (including phenoxy) is 2. The van der Waals surface area contributed by atoms with Crippen LogP contribution in [0, 0.1) is 21.4 Å². The van der Waals surface area contributed by atoms with Crippen LogP contribution in [0.25, 0.3) is 0 Å². The number of nitro groups is 1. The molecular formula is C16H17NO7. The molecule has 0 amide bonds. The molecule has 1 aliphatic carbocycles. The molecule has 2 rings (SSSR count). The fraction of sp³-hybridized carbons (Fsp3) is 0.438. The number of hydrogen-bond donors (Lipinski definition) is 0. The molecule has 0 N–H and O–H groups in total. The number of nitrogens with zero attached hydrogens (tertiary/aromatic N) is 1. The lowest BCUT2D eigenvalue weighted by Gasteiger charge is -2.31. The maximum Gasteiger partial charge on any atom is 0.323 e. The molecule has 1 aliphatic rings. The number of nitro benzene ring substituents is 1. The van der Waals surface area contributed by atoms with E-state index >= 15 is 0 Å². The minimum absolute atomic E-state index is 0.109. The summed E-state index contributed by atoms with van der Waals surface area (Å²) in [4.78, 5) is 46.5. The highest BCUT2D eigenvalue weighted by atomic mass is 16.6. The Kier molecular flexibility index (Phi) is 4.96. The van der Waals surface area contributed by atoms with E-state index in [1.54, 1.807) is 0 Å². The number of hydrogen-bond acceptors (Lipinski definition) is 7. The smallest absolute Gasteiger partial charge is 0.323 e. The van der Waals surface area contributed by atoms with Gasteiger partial charge in [0.1, 0.15) is 6.29 Å². The Labute approximate surface area is 137 Å². The Morgan fingerprint density at radius 1 is 1.21 bits per heavy atom. The molecule has 2 atom stereocenters. The topological polar surface area (TPSA) is 113 Å². The lowest BCUT2D eigenvalue weighted by Crippen LogP contribution is -2.44. The minimum Gasteiger partial charge on any atom is -0.468 e. The summed E-state index contributed by atoms with van der Waals surface area (Å²) in [5.74, 6) is -2.94. The molecule has 0 unspecified atom stereocenters. The summed E-state index contributed by atoms with van der Waals surface area (Å²) in [6.45, 7) is 0. The average Bonchev–Trinajstić information content (AvgIpc) is 3.00. The third kappa shape index (κ3) is 2.64. The van der Waals surface area contributed by atoms with Gasteiger partial charge < -0.3 is 14.3 Å². The van der Waals surface area contributed by atoms with Gasteiger partial charge in [-0.25, -0.2) is 0 Å². The predicted molar refractivity (Wildman–Crippen MR) is 81.1 cm³/mol. The van der Waals surface area contributed by atoms with Crippen molar-refractivity contribution in [3.63, 3.8) is 0 Å². The molecule has 8 nitrogen and oxygen atoms in total. The lowest BCUT2D eigenvalue weighted by atomic mass is 9.71. The first-order valence-corrected chi connectivity index (χ1v) is 7.28. The first-order chi connectivity index (χ1) is 11.4. The van der Waals surface area contributed by atoms with Crippen molar-refractivity contribution in [1.29, 1.82) is 0 Å². The van der Waals surface area contributed by atoms with Crippen molar-refractivity contribution in [2.24, 2.45) is 11.3 Å². The zero-order valence-electron chi connectivity index (χ0n) is 13.3. The van der Waals surface area contributed by atoms with E-state index < -0.39 is 34.1 Å². The Balaban J connectivity index is 2.58. The third-order valence-electron chi connectivity index (χ3n) is 4.57. The number of benzene rings is 1. The van der Waals surface area contributed by atoms with E-state index in [-0.39, 0.29) is 12.1 Å². The van der Waals surface area contributed by atoms with Crippen LogP contribution in [0.2, 0.25) is 0 Å². The highest BCUT2D eigenvalue weighted by Gasteiger charge is 2.61. The largest absolute Gasteiger partial charge is 0.468 e. The van der Waals surface area contributed by atoms with Gasteiger partial charge >= 0.3 is 11.9 Å². The van der Waals surface area contributed by atoms with Gasteiger partial charge in [-0.1, -0.05) is 12.1 Å². The monoisotopic (exact) mass is 335 g/mol. The molecule has 1 fully saturated rings. The van der Waals surface area contributed by atoms with Crippen LogP contribution in [-0.2, 0) is 23.9 Å². The van der Waals surface area contributed by atoms with Crippen LogP contribution < -0.4 is 0 Å². The SMILES string of the molecule is COC(=O)C1(C(=O)OC)CC[C@H](C=O)[C@H]1c1ccc([N+](=O)[O-])cc1. The third-order valence-corrected chi connectivity index (χ3v) is 4.57. The summed E-state index contributed by atoms with van der Waals surface area (Å²) in [7, 11) is 2.32. The van der Waals surface area contributed by atoms with Gasteiger partial charge in [0.15, 0.2) is 5.41 Å².